The minimum absolute atomic E-state index is 0.0389. The third-order valence-electron chi connectivity index (χ3n) is 6.56. The summed E-state index contributed by atoms with van der Waals surface area (Å²) in [6.07, 6.45) is 0.486. The van der Waals surface area contributed by atoms with Gasteiger partial charge in [0.05, 0.1) is 17.6 Å². The van der Waals surface area contributed by atoms with Crippen LogP contribution in [-0.4, -0.2) is 31.4 Å². The lowest BCUT2D eigenvalue weighted by Gasteiger charge is -2.15. The van der Waals surface area contributed by atoms with Gasteiger partial charge in [-0.15, -0.1) is 0 Å². The molecule has 6 rings (SSSR count). The van der Waals surface area contributed by atoms with Crippen molar-refractivity contribution in [3.05, 3.63) is 111 Å². The van der Waals surface area contributed by atoms with Crippen molar-refractivity contribution in [1.29, 1.82) is 0 Å². The molecule has 0 saturated carbocycles. The van der Waals surface area contributed by atoms with Gasteiger partial charge in [0, 0.05) is 24.1 Å². The second kappa shape index (κ2) is 8.98. The number of nitrogens with zero attached hydrogens (tertiary/aromatic N) is 3. The molecule has 3 aromatic carbocycles. The minimum Gasteiger partial charge on any atom is -0.488 e. The average Bonchev–Trinajstić information content (AvgIpc) is 3.43. The highest BCUT2D eigenvalue weighted by molar-refractivity contribution is 5.99. The van der Waals surface area contributed by atoms with E-state index in [0.717, 1.165) is 56.0 Å². The highest BCUT2D eigenvalue weighted by atomic mass is 16.5. The van der Waals surface area contributed by atoms with Gasteiger partial charge in [0.1, 0.15) is 18.2 Å². The number of aromatic nitrogens is 4. The van der Waals surface area contributed by atoms with Crippen molar-refractivity contribution >= 4 is 22.2 Å². The Morgan fingerprint density at radius 3 is 2.75 bits per heavy atom. The van der Waals surface area contributed by atoms with Crippen molar-refractivity contribution < 1.29 is 14.4 Å². The van der Waals surface area contributed by atoms with Crippen LogP contribution in [0.25, 0.3) is 22.2 Å². The van der Waals surface area contributed by atoms with Gasteiger partial charge in [-0.3, -0.25) is 9.51 Å². The number of nitrogens with one attached hydrogen (secondary N) is 1. The second-order valence-electron chi connectivity index (χ2n) is 8.80. The molecule has 0 aliphatic carbocycles. The van der Waals surface area contributed by atoms with Crippen LogP contribution in [0.4, 0.5) is 0 Å². The SMILES string of the molecule is CC(=C1c2ccc(Cn3c(CCO)nc4ccccc43)cc2COc2ccccc21)c1noc(=O)[nH]1. The first-order valence-electron chi connectivity index (χ1n) is 11.8. The summed E-state index contributed by atoms with van der Waals surface area (Å²) >= 11 is 0. The summed E-state index contributed by atoms with van der Waals surface area (Å²) in [7, 11) is 0. The largest absolute Gasteiger partial charge is 0.488 e. The molecule has 3 heterocycles. The molecule has 0 saturated heterocycles. The van der Waals surface area contributed by atoms with E-state index in [1.807, 2.05) is 49.4 Å². The molecule has 0 spiro atoms. The van der Waals surface area contributed by atoms with Gasteiger partial charge < -0.3 is 14.4 Å². The predicted molar refractivity (Wildman–Crippen MR) is 136 cm³/mol. The molecule has 2 N–H and O–H groups in total. The minimum atomic E-state index is -0.593. The zero-order valence-corrected chi connectivity index (χ0v) is 19.7. The summed E-state index contributed by atoms with van der Waals surface area (Å²) in [4.78, 5) is 19.0. The fraction of sp³-hybridized carbons (Fsp3) is 0.179. The lowest BCUT2D eigenvalue weighted by Crippen LogP contribution is -2.08. The number of rotatable bonds is 5. The molecule has 0 bridgehead atoms. The number of aliphatic hydroxyl groups is 1. The Hall–Kier alpha value is -4.43. The summed E-state index contributed by atoms with van der Waals surface area (Å²) in [5.41, 5.74) is 7.73. The highest BCUT2D eigenvalue weighted by Gasteiger charge is 2.23. The van der Waals surface area contributed by atoms with Crippen LogP contribution in [0.1, 0.15) is 40.8 Å². The fourth-order valence-electron chi connectivity index (χ4n) is 4.90. The molecule has 0 atom stereocenters. The Labute approximate surface area is 206 Å². The van der Waals surface area contributed by atoms with E-state index in [9.17, 15) is 9.90 Å². The van der Waals surface area contributed by atoms with Crippen LogP contribution in [0.2, 0.25) is 0 Å². The first kappa shape index (κ1) is 22.1. The Morgan fingerprint density at radius 1 is 1.08 bits per heavy atom. The molecule has 0 radical (unpaired) electrons. The number of fused-ring (bicyclic) bond motifs is 3. The molecule has 8 heteroatoms. The number of H-pyrrole nitrogens is 1. The van der Waals surface area contributed by atoms with Crippen molar-refractivity contribution in [3.8, 4) is 5.75 Å². The third-order valence-corrected chi connectivity index (χ3v) is 6.56. The van der Waals surface area contributed by atoms with Crippen molar-refractivity contribution in [3.63, 3.8) is 0 Å². The molecule has 1 aliphatic heterocycles. The van der Waals surface area contributed by atoms with Gasteiger partial charge in [-0.1, -0.05) is 47.6 Å². The van der Waals surface area contributed by atoms with Crippen LogP contribution in [0.5, 0.6) is 5.75 Å². The number of benzene rings is 3. The number of para-hydroxylation sites is 3. The molecule has 0 amide bonds. The normalized spacial score (nSPS) is 14.2. The van der Waals surface area contributed by atoms with Crippen LogP contribution in [0, 0.1) is 0 Å². The fourth-order valence-corrected chi connectivity index (χ4v) is 4.90. The van der Waals surface area contributed by atoms with Gasteiger partial charge in [0.2, 0.25) is 0 Å². The molecular weight excluding hydrogens is 456 g/mol. The van der Waals surface area contributed by atoms with Gasteiger partial charge >= 0.3 is 5.76 Å². The molecule has 5 aromatic rings. The van der Waals surface area contributed by atoms with E-state index in [2.05, 4.69) is 39.0 Å². The Morgan fingerprint density at radius 2 is 1.92 bits per heavy atom. The number of allylic oxidation sites excluding steroid dienone is 1. The van der Waals surface area contributed by atoms with Crippen LogP contribution in [0.15, 0.2) is 76.0 Å². The number of aromatic amines is 1. The number of hydrogen-bond donors (Lipinski definition) is 2. The van der Waals surface area contributed by atoms with Gasteiger partial charge in [-0.25, -0.2) is 9.78 Å². The molecule has 36 heavy (non-hydrogen) atoms. The van der Waals surface area contributed by atoms with E-state index >= 15 is 0 Å². The Balaban J connectivity index is 1.47. The van der Waals surface area contributed by atoms with Crippen molar-refractivity contribution in [2.75, 3.05) is 6.61 Å². The third kappa shape index (κ3) is 3.81. The number of imidazole rings is 1. The van der Waals surface area contributed by atoms with Crippen LogP contribution >= 0.6 is 0 Å². The zero-order valence-electron chi connectivity index (χ0n) is 19.7. The smallest absolute Gasteiger partial charge is 0.439 e. The topological polar surface area (TPSA) is 106 Å². The van der Waals surface area contributed by atoms with Gasteiger partial charge in [0.25, 0.3) is 0 Å². The molecule has 8 nitrogen and oxygen atoms in total. The van der Waals surface area contributed by atoms with Gasteiger partial charge in [-0.05, 0) is 53.5 Å². The number of hydrogen-bond acceptors (Lipinski definition) is 6. The lowest BCUT2D eigenvalue weighted by atomic mass is 9.89. The molecule has 1 aliphatic rings. The van der Waals surface area contributed by atoms with Crippen LogP contribution in [0.3, 0.4) is 0 Å². The molecule has 2 aromatic heterocycles. The first-order valence-corrected chi connectivity index (χ1v) is 11.8. The lowest BCUT2D eigenvalue weighted by molar-refractivity contribution is 0.295. The maximum Gasteiger partial charge on any atom is 0.439 e. The van der Waals surface area contributed by atoms with Crippen molar-refractivity contribution in [2.45, 2.75) is 26.5 Å². The Bertz CT molecular complexity index is 1670. The number of aliphatic hydroxyl groups excluding tert-OH is 1. The van der Waals surface area contributed by atoms with Crippen LogP contribution < -0.4 is 10.5 Å². The quantitative estimate of drug-likeness (QED) is 0.391. The second-order valence-corrected chi connectivity index (χ2v) is 8.80. The summed E-state index contributed by atoms with van der Waals surface area (Å²) in [5, 5.41) is 13.5. The standard InChI is InChI=1S/C28H24N4O4/c1-17(27-30-28(34)36-31-27)26-20-11-10-18(14-19(20)16-35-24-9-5-2-6-21(24)26)15-32-23-8-4-3-7-22(23)29-25(32)12-13-33/h2-11,14,33H,12-13,15-16H2,1H3,(H,30,31,34). The van der Waals surface area contributed by atoms with E-state index in [4.69, 9.17) is 14.2 Å². The molecule has 0 fully saturated rings. The maximum absolute atomic E-state index is 11.6. The molecule has 0 unspecified atom stereocenters. The summed E-state index contributed by atoms with van der Waals surface area (Å²) in [6.45, 7) is 2.98. The van der Waals surface area contributed by atoms with Gasteiger partial charge in [-0.2, -0.15) is 0 Å². The van der Waals surface area contributed by atoms with Gasteiger partial charge in [0.15, 0.2) is 5.82 Å². The maximum atomic E-state index is 11.6. The summed E-state index contributed by atoms with van der Waals surface area (Å²) in [5.74, 6) is 1.41. The number of ether oxygens (including phenoxy) is 1. The van der Waals surface area contributed by atoms with E-state index in [0.29, 0.717) is 25.4 Å². The predicted octanol–water partition coefficient (Wildman–Crippen LogP) is 4.17. The van der Waals surface area contributed by atoms with E-state index in [1.54, 1.807) is 0 Å². The molecule has 180 valence electrons. The summed E-state index contributed by atoms with van der Waals surface area (Å²) in [6, 6.07) is 22.2. The van der Waals surface area contributed by atoms with Crippen molar-refractivity contribution in [2.24, 2.45) is 0 Å². The Kier molecular flexibility index (Phi) is 5.50. The van der Waals surface area contributed by atoms with E-state index in [-0.39, 0.29) is 6.61 Å². The molecular formula is C28H24N4O4. The van der Waals surface area contributed by atoms with Crippen molar-refractivity contribution in [1.82, 2.24) is 19.7 Å². The first-order chi connectivity index (χ1) is 17.6. The monoisotopic (exact) mass is 480 g/mol. The van der Waals surface area contributed by atoms with Crippen LogP contribution in [-0.2, 0) is 19.6 Å². The summed E-state index contributed by atoms with van der Waals surface area (Å²) < 4.78 is 13.1. The zero-order chi connectivity index (χ0) is 24.6. The van der Waals surface area contributed by atoms with E-state index < -0.39 is 5.76 Å². The highest BCUT2D eigenvalue weighted by Crippen LogP contribution is 2.40. The average molecular weight is 481 g/mol. The van der Waals surface area contributed by atoms with E-state index in [1.165, 1.54) is 0 Å².